The van der Waals surface area contributed by atoms with Crippen molar-refractivity contribution >= 4 is 19.5 Å². The van der Waals surface area contributed by atoms with E-state index in [0.717, 1.165) is 0 Å². The summed E-state index contributed by atoms with van der Waals surface area (Å²) in [7, 11) is -4.37. The van der Waals surface area contributed by atoms with E-state index in [1.165, 1.54) is 6.92 Å². The number of carbonyl (C=O) groups excluding carboxylic acids is 1. The Bertz CT molecular complexity index is 271. The zero-order valence-corrected chi connectivity index (χ0v) is 8.40. The molecule has 0 aliphatic carbocycles. The largest absolute Gasteiger partial charge is 0.481 e. The lowest BCUT2D eigenvalue weighted by atomic mass is 10.2. The number of rotatable bonds is 5. The number of amides is 1. The predicted octanol–water partition coefficient (Wildman–Crippen LogP) is -0.857. The summed E-state index contributed by atoms with van der Waals surface area (Å²) in [6, 6.07) is -0.647. The normalized spacial score (nSPS) is 13.4. The zero-order chi connectivity index (χ0) is 11.4. The van der Waals surface area contributed by atoms with Gasteiger partial charge in [0.1, 0.15) is 6.16 Å². The summed E-state index contributed by atoms with van der Waals surface area (Å²) in [5.74, 6) is -1.94. The van der Waals surface area contributed by atoms with Crippen LogP contribution in [0.2, 0.25) is 0 Å². The van der Waals surface area contributed by atoms with Gasteiger partial charge in [0.15, 0.2) is 0 Å². The van der Waals surface area contributed by atoms with Crippen molar-refractivity contribution in [2.24, 2.45) is 0 Å². The summed E-state index contributed by atoms with van der Waals surface area (Å²) in [5.41, 5.74) is 0. The van der Waals surface area contributed by atoms with Crippen LogP contribution in [0.15, 0.2) is 0 Å². The van der Waals surface area contributed by atoms with E-state index >= 15 is 0 Å². The first-order chi connectivity index (χ1) is 6.20. The fourth-order valence-electron chi connectivity index (χ4n) is 0.821. The molecule has 0 aromatic heterocycles. The molecule has 0 rings (SSSR count). The van der Waals surface area contributed by atoms with Gasteiger partial charge in [-0.05, 0) is 6.92 Å². The van der Waals surface area contributed by atoms with E-state index in [-0.39, 0.29) is 6.42 Å². The van der Waals surface area contributed by atoms with Crippen molar-refractivity contribution in [2.45, 2.75) is 19.4 Å². The Balaban J connectivity index is 3.95. The second-order valence-electron chi connectivity index (χ2n) is 2.89. The minimum Gasteiger partial charge on any atom is -0.481 e. The third kappa shape index (κ3) is 7.72. The molecule has 14 heavy (non-hydrogen) atoms. The van der Waals surface area contributed by atoms with Crippen LogP contribution < -0.4 is 5.32 Å². The van der Waals surface area contributed by atoms with Gasteiger partial charge in [0.25, 0.3) is 0 Å². The van der Waals surface area contributed by atoms with Gasteiger partial charge in [0.05, 0.1) is 6.42 Å². The molecule has 7 nitrogen and oxygen atoms in total. The van der Waals surface area contributed by atoms with Gasteiger partial charge in [-0.15, -0.1) is 0 Å². The summed E-state index contributed by atoms with van der Waals surface area (Å²) in [6.07, 6.45) is -1.20. The Morgan fingerprint density at radius 1 is 1.43 bits per heavy atom. The first kappa shape index (κ1) is 13.1. The SMILES string of the molecule is CC(CC(=O)O)NC(=O)CP(=O)(O)O. The van der Waals surface area contributed by atoms with Gasteiger partial charge in [-0.3, -0.25) is 14.2 Å². The molecule has 1 amide bonds. The van der Waals surface area contributed by atoms with Gasteiger partial charge in [-0.2, -0.15) is 0 Å². The van der Waals surface area contributed by atoms with Crippen LogP contribution in [-0.2, 0) is 14.2 Å². The summed E-state index contributed by atoms with van der Waals surface area (Å²) in [5, 5.41) is 10.5. The smallest absolute Gasteiger partial charge is 0.334 e. The monoisotopic (exact) mass is 225 g/mol. The number of carboxylic acid groups (broad SMARTS) is 1. The molecule has 0 aliphatic heterocycles. The molecule has 0 fully saturated rings. The second kappa shape index (κ2) is 5.09. The molecule has 0 aliphatic rings. The van der Waals surface area contributed by atoms with Crippen molar-refractivity contribution in [3.05, 3.63) is 0 Å². The number of carbonyl (C=O) groups is 2. The van der Waals surface area contributed by atoms with E-state index in [4.69, 9.17) is 14.9 Å². The molecule has 4 N–H and O–H groups in total. The Morgan fingerprint density at radius 2 is 1.93 bits per heavy atom. The van der Waals surface area contributed by atoms with Crippen LogP contribution >= 0.6 is 7.60 Å². The molecule has 1 atom stereocenters. The van der Waals surface area contributed by atoms with Gasteiger partial charge in [-0.25, -0.2) is 0 Å². The van der Waals surface area contributed by atoms with Crippen LogP contribution in [0.25, 0.3) is 0 Å². The minimum atomic E-state index is -4.37. The quantitative estimate of drug-likeness (QED) is 0.451. The average Bonchev–Trinajstić information content (AvgIpc) is 1.77. The van der Waals surface area contributed by atoms with Crippen LogP contribution in [0.4, 0.5) is 0 Å². The molecule has 0 aromatic rings. The molecule has 0 saturated heterocycles. The highest BCUT2D eigenvalue weighted by atomic mass is 31.2. The molecule has 1 unspecified atom stereocenters. The molecule has 0 bridgehead atoms. The standard InChI is InChI=1S/C6H12NO6P/c1-4(2-6(9)10)7-5(8)3-14(11,12)13/h4H,2-3H2,1H3,(H,7,8)(H,9,10)(H2,11,12,13). The Morgan fingerprint density at radius 3 is 2.29 bits per heavy atom. The minimum absolute atomic E-state index is 0.285. The average molecular weight is 225 g/mol. The number of aliphatic carboxylic acids is 1. The molecule has 82 valence electrons. The lowest BCUT2D eigenvalue weighted by molar-refractivity contribution is -0.137. The maximum Gasteiger partial charge on any atom is 0.334 e. The maximum atomic E-state index is 10.9. The second-order valence-corrected chi connectivity index (χ2v) is 4.53. The van der Waals surface area contributed by atoms with Crippen molar-refractivity contribution in [3.63, 3.8) is 0 Å². The van der Waals surface area contributed by atoms with E-state index in [9.17, 15) is 14.2 Å². The van der Waals surface area contributed by atoms with Gasteiger partial charge in [0, 0.05) is 6.04 Å². The molecule has 0 saturated carbocycles. The van der Waals surface area contributed by atoms with Crippen LogP contribution in [0.1, 0.15) is 13.3 Å². The van der Waals surface area contributed by atoms with E-state index in [2.05, 4.69) is 5.32 Å². The van der Waals surface area contributed by atoms with Crippen molar-refractivity contribution in [3.8, 4) is 0 Å². The topological polar surface area (TPSA) is 124 Å². The molecular weight excluding hydrogens is 213 g/mol. The van der Waals surface area contributed by atoms with Gasteiger partial charge in [0.2, 0.25) is 5.91 Å². The van der Waals surface area contributed by atoms with E-state index < -0.39 is 31.7 Å². The highest BCUT2D eigenvalue weighted by Gasteiger charge is 2.20. The third-order valence-electron chi connectivity index (χ3n) is 1.24. The lowest BCUT2D eigenvalue weighted by Gasteiger charge is -2.11. The molecule has 0 spiro atoms. The van der Waals surface area contributed by atoms with Crippen LogP contribution in [0.3, 0.4) is 0 Å². The molecule has 8 heteroatoms. The summed E-state index contributed by atoms with van der Waals surface area (Å²) in [4.78, 5) is 37.9. The Kier molecular flexibility index (Phi) is 4.76. The first-order valence-corrected chi connectivity index (χ1v) is 5.56. The Hall–Kier alpha value is -0.910. The molecular formula is C6H12NO6P. The van der Waals surface area contributed by atoms with Crippen molar-refractivity contribution in [1.82, 2.24) is 5.32 Å². The van der Waals surface area contributed by atoms with Gasteiger partial charge >= 0.3 is 13.6 Å². The van der Waals surface area contributed by atoms with Gasteiger partial charge in [-0.1, -0.05) is 0 Å². The van der Waals surface area contributed by atoms with Crippen LogP contribution in [-0.4, -0.2) is 39.0 Å². The summed E-state index contributed by atoms with van der Waals surface area (Å²) >= 11 is 0. The first-order valence-electron chi connectivity index (χ1n) is 3.76. The fourth-order valence-corrected chi connectivity index (χ4v) is 1.29. The molecule has 0 aromatic carbocycles. The van der Waals surface area contributed by atoms with E-state index in [1.807, 2.05) is 0 Å². The third-order valence-corrected chi connectivity index (χ3v) is 1.94. The highest BCUT2D eigenvalue weighted by Crippen LogP contribution is 2.33. The van der Waals surface area contributed by atoms with Crippen LogP contribution in [0.5, 0.6) is 0 Å². The van der Waals surface area contributed by atoms with Crippen molar-refractivity contribution < 1.29 is 29.0 Å². The zero-order valence-electron chi connectivity index (χ0n) is 7.51. The van der Waals surface area contributed by atoms with E-state index in [0.29, 0.717) is 0 Å². The highest BCUT2D eigenvalue weighted by molar-refractivity contribution is 7.52. The number of hydrogen-bond acceptors (Lipinski definition) is 3. The number of carboxylic acids is 1. The molecule has 0 heterocycles. The van der Waals surface area contributed by atoms with Crippen LogP contribution in [0, 0.1) is 0 Å². The summed E-state index contributed by atoms with van der Waals surface area (Å²) in [6.45, 7) is 1.44. The maximum absolute atomic E-state index is 10.9. The van der Waals surface area contributed by atoms with Crippen molar-refractivity contribution in [1.29, 1.82) is 0 Å². The summed E-state index contributed by atoms with van der Waals surface area (Å²) < 4.78 is 10.4. The van der Waals surface area contributed by atoms with Crippen molar-refractivity contribution in [2.75, 3.05) is 6.16 Å². The Labute approximate surface area is 80.3 Å². The number of nitrogens with one attached hydrogen (secondary N) is 1. The number of hydrogen-bond donors (Lipinski definition) is 4. The van der Waals surface area contributed by atoms with E-state index in [1.54, 1.807) is 0 Å². The van der Waals surface area contributed by atoms with Gasteiger partial charge < -0.3 is 20.2 Å². The molecule has 0 radical (unpaired) electrons. The lowest BCUT2D eigenvalue weighted by Crippen LogP contribution is -2.35. The predicted molar refractivity (Wildman–Crippen MR) is 46.8 cm³/mol. The fraction of sp³-hybridized carbons (Fsp3) is 0.667.